The van der Waals surface area contributed by atoms with Gasteiger partial charge >= 0.3 is 0 Å². The lowest BCUT2D eigenvalue weighted by Crippen LogP contribution is -2.49. The summed E-state index contributed by atoms with van der Waals surface area (Å²) >= 11 is 0. The highest BCUT2D eigenvalue weighted by molar-refractivity contribution is 6.88. The van der Waals surface area contributed by atoms with Gasteiger partial charge in [0.25, 0.3) is 8.41 Å². The Morgan fingerprint density at radius 2 is 1.96 bits per heavy atom. The smallest absolute Gasteiger partial charge is 0.282 e. The molecule has 0 spiro atoms. The van der Waals surface area contributed by atoms with Gasteiger partial charge in [-0.25, -0.2) is 0 Å². The molecule has 0 aliphatic carbocycles. The van der Waals surface area contributed by atoms with Crippen LogP contribution in [-0.2, 0) is 15.9 Å². The minimum absolute atomic E-state index is 0.0482. The van der Waals surface area contributed by atoms with Crippen molar-refractivity contribution in [1.29, 1.82) is 0 Å². The molecule has 1 aliphatic heterocycles. The van der Waals surface area contributed by atoms with E-state index in [0.717, 1.165) is 36.6 Å². The molecule has 2 nitrogen and oxygen atoms in total. The number of rotatable bonds is 7. The monoisotopic (exact) mass is 338 g/mol. The maximum Gasteiger partial charge on any atom is 0.282 e. The van der Waals surface area contributed by atoms with Gasteiger partial charge in [-0.05, 0) is 47.5 Å². The second kappa shape index (κ2) is 8.40. The third-order valence-corrected chi connectivity index (χ3v) is 9.44. The predicted molar refractivity (Wildman–Crippen MR) is 96.4 cm³/mol. The maximum atomic E-state index is 15.6. The van der Waals surface area contributed by atoms with Crippen LogP contribution in [0.2, 0.25) is 11.1 Å². The van der Waals surface area contributed by atoms with Crippen molar-refractivity contribution in [3.63, 3.8) is 0 Å². The lowest BCUT2D eigenvalue weighted by atomic mass is 10.1. The van der Waals surface area contributed by atoms with Gasteiger partial charge in [-0.2, -0.15) is 0 Å². The van der Waals surface area contributed by atoms with E-state index < -0.39 is 8.41 Å². The van der Waals surface area contributed by atoms with Crippen LogP contribution in [0.5, 0.6) is 0 Å². The average molecular weight is 339 g/mol. The summed E-state index contributed by atoms with van der Waals surface area (Å²) in [7, 11) is -2.95. The lowest BCUT2D eigenvalue weighted by Gasteiger charge is -2.31. The third kappa shape index (κ3) is 4.65. The summed E-state index contributed by atoms with van der Waals surface area (Å²) in [5, 5.41) is 0.925. The zero-order valence-corrected chi connectivity index (χ0v) is 16.0. The van der Waals surface area contributed by atoms with E-state index in [1.54, 1.807) is 0 Å². The summed E-state index contributed by atoms with van der Waals surface area (Å²) < 4.78 is 27.0. The molecule has 0 aromatic heterocycles. The quantitative estimate of drug-likeness (QED) is 0.529. The number of ether oxygens (including phenoxy) is 2. The van der Waals surface area contributed by atoms with Crippen molar-refractivity contribution < 1.29 is 13.6 Å². The first-order chi connectivity index (χ1) is 10.9. The Labute approximate surface area is 141 Å². The summed E-state index contributed by atoms with van der Waals surface area (Å²) in [4.78, 5) is 0. The van der Waals surface area contributed by atoms with Crippen LogP contribution in [-0.4, -0.2) is 27.9 Å². The van der Waals surface area contributed by atoms with E-state index in [1.165, 1.54) is 6.42 Å². The van der Waals surface area contributed by atoms with Crippen molar-refractivity contribution >= 4 is 13.6 Å². The Morgan fingerprint density at radius 1 is 1.22 bits per heavy atom. The van der Waals surface area contributed by atoms with E-state index in [0.29, 0.717) is 6.61 Å². The van der Waals surface area contributed by atoms with Crippen molar-refractivity contribution in [3.8, 4) is 0 Å². The largest absolute Gasteiger partial charge is 0.353 e. The minimum Gasteiger partial charge on any atom is -0.353 e. The van der Waals surface area contributed by atoms with Crippen molar-refractivity contribution in [1.82, 2.24) is 0 Å². The van der Waals surface area contributed by atoms with Crippen molar-refractivity contribution in [2.75, 3.05) is 13.2 Å². The molecule has 1 aromatic rings. The van der Waals surface area contributed by atoms with Crippen LogP contribution >= 0.6 is 0 Å². The van der Waals surface area contributed by atoms with Gasteiger partial charge < -0.3 is 13.6 Å². The highest BCUT2D eigenvalue weighted by Crippen LogP contribution is 2.33. The van der Waals surface area contributed by atoms with E-state index in [2.05, 4.69) is 12.1 Å². The summed E-state index contributed by atoms with van der Waals surface area (Å²) in [6, 6.07) is 8.11. The van der Waals surface area contributed by atoms with Gasteiger partial charge in [0.05, 0.1) is 6.61 Å². The van der Waals surface area contributed by atoms with Gasteiger partial charge in [-0.15, -0.1) is 0 Å². The van der Waals surface area contributed by atoms with Gasteiger partial charge in [0.1, 0.15) is 0 Å². The number of hydrogen-bond acceptors (Lipinski definition) is 2. The first-order valence-electron chi connectivity index (χ1n) is 8.96. The van der Waals surface area contributed by atoms with Crippen molar-refractivity contribution in [2.24, 2.45) is 0 Å². The Kier molecular flexibility index (Phi) is 6.80. The molecule has 0 amide bonds. The molecule has 0 N–H and O–H groups in total. The molecular weight excluding hydrogens is 307 g/mol. The van der Waals surface area contributed by atoms with E-state index in [-0.39, 0.29) is 17.4 Å². The van der Waals surface area contributed by atoms with E-state index in [1.807, 2.05) is 39.8 Å². The second-order valence-electron chi connectivity index (χ2n) is 7.19. The Hall–Kier alpha value is -0.713. The molecule has 1 atom stereocenters. The van der Waals surface area contributed by atoms with Crippen molar-refractivity contribution in [2.45, 2.75) is 70.8 Å². The Balaban J connectivity index is 1.98. The minimum atomic E-state index is -2.95. The van der Waals surface area contributed by atoms with E-state index >= 15 is 4.11 Å². The summed E-state index contributed by atoms with van der Waals surface area (Å²) in [6.45, 7) is 9.51. The summed E-state index contributed by atoms with van der Waals surface area (Å²) in [6.07, 6.45) is 4.07. The van der Waals surface area contributed by atoms with Crippen LogP contribution in [0.1, 0.15) is 52.5 Å². The maximum absolute atomic E-state index is 15.6. The lowest BCUT2D eigenvalue weighted by molar-refractivity contribution is -0.161. The highest BCUT2D eigenvalue weighted by Gasteiger charge is 2.43. The Bertz CT molecular complexity index is 476. The fourth-order valence-electron chi connectivity index (χ4n) is 3.45. The van der Waals surface area contributed by atoms with Crippen molar-refractivity contribution in [3.05, 3.63) is 29.8 Å². The molecule has 1 heterocycles. The standard InChI is InChI=1S/C19H31FO2Si/c1-15(2)23(20,16(3)4)18-9-7-8-17(14-18)11-13-22-19-10-5-6-12-21-19/h7-9,14-16,19H,5-6,10-13H2,1-4H3. The topological polar surface area (TPSA) is 18.5 Å². The predicted octanol–water partition coefficient (Wildman–Crippen LogP) is 4.71. The molecule has 1 fully saturated rings. The highest BCUT2D eigenvalue weighted by atomic mass is 28.4. The van der Waals surface area contributed by atoms with Crippen LogP contribution < -0.4 is 5.19 Å². The number of hydrogen-bond donors (Lipinski definition) is 0. The van der Waals surface area contributed by atoms with Crippen LogP contribution in [0.4, 0.5) is 4.11 Å². The second-order valence-corrected chi connectivity index (χ2v) is 11.6. The zero-order valence-electron chi connectivity index (χ0n) is 15.0. The van der Waals surface area contributed by atoms with Gasteiger partial charge in [0.15, 0.2) is 6.29 Å². The molecule has 130 valence electrons. The molecule has 4 heteroatoms. The third-order valence-electron chi connectivity index (χ3n) is 4.88. The van der Waals surface area contributed by atoms with Gasteiger partial charge in [-0.3, -0.25) is 0 Å². The molecule has 23 heavy (non-hydrogen) atoms. The first-order valence-corrected chi connectivity index (χ1v) is 11.0. The van der Waals surface area contributed by atoms with Crippen LogP contribution in [0.25, 0.3) is 0 Å². The Morgan fingerprint density at radius 3 is 2.57 bits per heavy atom. The normalized spacial score (nSPS) is 19.5. The molecule has 1 unspecified atom stereocenters. The van der Waals surface area contributed by atoms with E-state index in [9.17, 15) is 0 Å². The molecular formula is C19H31FO2Si. The van der Waals surface area contributed by atoms with Crippen LogP contribution in [0.3, 0.4) is 0 Å². The molecule has 1 saturated heterocycles. The average Bonchev–Trinajstić information content (AvgIpc) is 2.55. The molecule has 0 bridgehead atoms. The SMILES string of the molecule is CC(C)[Si](F)(c1cccc(CCOC2CCCCO2)c1)C(C)C. The van der Waals surface area contributed by atoms with Gasteiger partial charge in [0, 0.05) is 6.61 Å². The fourth-order valence-corrected chi connectivity index (χ4v) is 6.87. The zero-order chi connectivity index (χ0) is 16.9. The number of benzene rings is 1. The molecule has 1 aromatic carbocycles. The summed E-state index contributed by atoms with van der Waals surface area (Å²) in [5.41, 5.74) is 1.34. The number of halogens is 1. The first kappa shape index (κ1) is 18.6. The molecule has 0 radical (unpaired) electrons. The van der Waals surface area contributed by atoms with Gasteiger partial charge in [0.2, 0.25) is 0 Å². The molecule has 1 aliphatic rings. The van der Waals surface area contributed by atoms with Gasteiger partial charge in [-0.1, -0.05) is 52.0 Å². The van der Waals surface area contributed by atoms with Crippen LogP contribution in [0.15, 0.2) is 24.3 Å². The molecule has 0 saturated carbocycles. The van der Waals surface area contributed by atoms with Crippen LogP contribution in [0, 0.1) is 0 Å². The fraction of sp³-hybridized carbons (Fsp3) is 0.684. The summed E-state index contributed by atoms with van der Waals surface area (Å²) in [5.74, 6) is 0. The van der Waals surface area contributed by atoms with E-state index in [4.69, 9.17) is 9.47 Å². The molecule has 2 rings (SSSR count).